The van der Waals surface area contributed by atoms with Crippen LogP contribution in [0.3, 0.4) is 0 Å². The molecule has 0 aromatic heterocycles. The first-order chi connectivity index (χ1) is 3.42. The van der Waals surface area contributed by atoms with Gasteiger partial charge in [0.25, 0.3) is 0 Å². The Balaban J connectivity index is 3.39. The van der Waals surface area contributed by atoms with Gasteiger partial charge in [0, 0.05) is 5.40 Å². The van der Waals surface area contributed by atoms with Gasteiger partial charge in [0.05, 0.1) is 6.10 Å². The minimum absolute atomic E-state index is 0.0220. The molecule has 0 amide bonds. The number of ether oxygens (including phenoxy) is 1. The van der Waals surface area contributed by atoms with Crippen molar-refractivity contribution >= 4 is 15.7 Å². The van der Waals surface area contributed by atoms with Crippen molar-refractivity contribution in [2.45, 2.75) is 32.3 Å². The van der Waals surface area contributed by atoms with E-state index in [9.17, 15) is 0 Å². The third-order valence-corrected chi connectivity index (χ3v) is 0.589. The average Bonchev–Trinajstić information content (AvgIpc) is 1.21. The van der Waals surface area contributed by atoms with Gasteiger partial charge >= 0.3 is 0 Å². The average molecular weight is 112 g/mol. The van der Waals surface area contributed by atoms with Crippen molar-refractivity contribution in [3.8, 4) is 0 Å². The molecule has 0 radical (unpaired) electrons. The lowest BCUT2D eigenvalue weighted by Crippen LogP contribution is -2.32. The van der Waals surface area contributed by atoms with E-state index in [1.54, 1.807) is 0 Å². The summed E-state index contributed by atoms with van der Waals surface area (Å²) in [7, 11) is 4.12. The van der Waals surface area contributed by atoms with Gasteiger partial charge in [-0.05, 0) is 13.8 Å². The fourth-order valence-electron chi connectivity index (χ4n) is 0.707. The summed E-state index contributed by atoms with van der Waals surface area (Å²) < 4.78 is 5.44. The molecule has 0 unspecified atom stereocenters. The highest BCUT2D eigenvalue weighted by Crippen LogP contribution is 2.01. The molecule has 0 aliphatic carbocycles. The van der Waals surface area contributed by atoms with Crippen LogP contribution in [0.4, 0.5) is 0 Å². The maximum absolute atomic E-state index is 5.44. The highest BCUT2D eigenvalue weighted by Gasteiger charge is 2.11. The molecule has 0 bridgehead atoms. The summed E-state index contributed by atoms with van der Waals surface area (Å²) >= 11 is 0. The third-order valence-electron chi connectivity index (χ3n) is 0.589. The van der Waals surface area contributed by atoms with Gasteiger partial charge in [-0.25, -0.2) is 0 Å². The number of rotatable bonds is 2. The van der Waals surface area contributed by atoms with Gasteiger partial charge in [-0.15, -0.1) is 0 Å². The topological polar surface area (TPSA) is 9.23 Å². The molecule has 0 aromatic carbocycles. The lowest BCUT2D eigenvalue weighted by atomic mass is 9.67. The van der Waals surface area contributed by atoms with Crippen LogP contribution in [-0.2, 0) is 4.74 Å². The molecule has 3 heteroatoms. The Kier molecular flexibility index (Phi) is 2.61. The van der Waals surface area contributed by atoms with Crippen molar-refractivity contribution in [3.05, 3.63) is 0 Å². The summed E-state index contributed by atoms with van der Waals surface area (Å²) in [6.45, 7) is 6.16. The van der Waals surface area contributed by atoms with Crippen LogP contribution in [0.15, 0.2) is 0 Å². The van der Waals surface area contributed by atoms with Crippen molar-refractivity contribution in [1.29, 1.82) is 0 Å². The summed E-state index contributed by atoms with van der Waals surface area (Å²) in [5.41, 5.74) is 0. The Labute approximate surface area is 53.6 Å². The van der Waals surface area contributed by atoms with Crippen molar-refractivity contribution in [3.63, 3.8) is 0 Å². The maximum atomic E-state index is 5.44. The van der Waals surface area contributed by atoms with Crippen LogP contribution in [0.25, 0.3) is 0 Å². The maximum Gasteiger partial charge on any atom is 0.131 e. The van der Waals surface area contributed by atoms with Gasteiger partial charge < -0.3 is 4.74 Å². The molecule has 0 aromatic rings. The summed E-state index contributed by atoms with van der Waals surface area (Å²) in [5.74, 6) is 0. The van der Waals surface area contributed by atoms with Crippen LogP contribution in [0, 0.1) is 0 Å². The highest BCUT2D eigenvalue weighted by molar-refractivity contribution is 6.38. The van der Waals surface area contributed by atoms with E-state index in [-0.39, 0.29) is 5.40 Å². The Bertz CT molecular complexity index is 65.3. The van der Waals surface area contributed by atoms with E-state index >= 15 is 0 Å². The monoisotopic (exact) mass is 112 g/mol. The van der Waals surface area contributed by atoms with Crippen molar-refractivity contribution in [1.82, 2.24) is 0 Å². The first-order valence-corrected chi connectivity index (χ1v) is 3.09. The van der Waals surface area contributed by atoms with Crippen LogP contribution in [0.5, 0.6) is 0 Å². The predicted molar refractivity (Wildman–Crippen MR) is 41.7 cm³/mol. The Morgan fingerprint density at radius 3 is 1.75 bits per heavy atom. The van der Waals surface area contributed by atoms with E-state index in [1.807, 2.05) is 13.8 Å². The van der Waals surface area contributed by atoms with Crippen molar-refractivity contribution in [2.24, 2.45) is 0 Å². The Hall–Kier alpha value is 0.0899. The molecule has 0 saturated heterocycles. The molecule has 0 saturated carbocycles. The van der Waals surface area contributed by atoms with Gasteiger partial charge in [0.1, 0.15) is 15.7 Å². The molecule has 0 atom stereocenters. The van der Waals surface area contributed by atoms with Crippen LogP contribution < -0.4 is 0 Å². The van der Waals surface area contributed by atoms with Gasteiger partial charge in [-0.3, -0.25) is 0 Å². The molecule has 8 heavy (non-hydrogen) atoms. The number of hydrogen-bond acceptors (Lipinski definition) is 1. The predicted octanol–water partition coefficient (Wildman–Crippen LogP) is -0.649. The second-order valence-electron chi connectivity index (χ2n) is 3.28. The summed E-state index contributed by atoms with van der Waals surface area (Å²) in [4.78, 5) is 0. The molecule has 0 rings (SSSR count). The molecule has 0 fully saturated rings. The zero-order valence-corrected chi connectivity index (χ0v) is 6.49. The van der Waals surface area contributed by atoms with E-state index in [0.717, 1.165) is 0 Å². The van der Waals surface area contributed by atoms with Gasteiger partial charge in [0.2, 0.25) is 0 Å². The fourth-order valence-corrected chi connectivity index (χ4v) is 0.707. The van der Waals surface area contributed by atoms with Crippen molar-refractivity contribution in [2.75, 3.05) is 0 Å². The summed E-state index contributed by atoms with van der Waals surface area (Å²) in [5, 5.41) is 0.0220. The molecular formula is C5H14B2O. The van der Waals surface area contributed by atoms with Crippen molar-refractivity contribution < 1.29 is 4.74 Å². The van der Waals surface area contributed by atoms with Gasteiger partial charge in [-0.2, -0.15) is 0 Å². The lowest BCUT2D eigenvalue weighted by Gasteiger charge is -2.22. The van der Waals surface area contributed by atoms with E-state index in [0.29, 0.717) is 6.10 Å². The molecule has 1 nitrogen and oxygen atoms in total. The van der Waals surface area contributed by atoms with E-state index < -0.39 is 0 Å². The van der Waals surface area contributed by atoms with Gasteiger partial charge in [0.15, 0.2) is 0 Å². The molecule has 0 N–H and O–H groups in total. The smallest absolute Gasteiger partial charge is 0.131 e. The normalized spacial score (nSPS) is 12.5. The zero-order chi connectivity index (χ0) is 6.78. The fraction of sp³-hybridized carbons (Fsp3) is 1.00. The molecule has 0 heterocycles. The van der Waals surface area contributed by atoms with Crippen LogP contribution in [0.2, 0.25) is 0 Å². The summed E-state index contributed by atoms with van der Waals surface area (Å²) in [6.07, 6.45) is 0.343. The van der Waals surface area contributed by atoms with E-state index in [1.165, 1.54) is 0 Å². The largest absolute Gasteiger partial charge is 0.390 e. The molecular weight excluding hydrogens is 97.7 g/mol. The first-order valence-electron chi connectivity index (χ1n) is 3.09. The van der Waals surface area contributed by atoms with Gasteiger partial charge in [-0.1, -0.05) is 6.92 Å². The highest BCUT2D eigenvalue weighted by atomic mass is 16.5. The molecule has 0 aliphatic rings. The quantitative estimate of drug-likeness (QED) is 0.431. The Morgan fingerprint density at radius 2 is 1.75 bits per heavy atom. The first kappa shape index (κ1) is 8.09. The minimum Gasteiger partial charge on any atom is -0.390 e. The second kappa shape index (κ2) is 2.58. The Morgan fingerprint density at radius 1 is 1.38 bits per heavy atom. The third kappa shape index (κ3) is 6.09. The van der Waals surface area contributed by atoms with Crippen LogP contribution in [0.1, 0.15) is 20.8 Å². The summed E-state index contributed by atoms with van der Waals surface area (Å²) in [6, 6.07) is 0. The van der Waals surface area contributed by atoms with Crippen LogP contribution in [-0.4, -0.2) is 27.2 Å². The second-order valence-corrected chi connectivity index (χ2v) is 3.28. The zero-order valence-electron chi connectivity index (χ0n) is 6.49. The molecule has 46 valence electrons. The molecule has 0 spiro atoms. The van der Waals surface area contributed by atoms with E-state index in [4.69, 9.17) is 4.74 Å². The minimum atomic E-state index is 0.0220. The SMILES string of the molecule is BC(B)(C)OC(C)C. The lowest BCUT2D eigenvalue weighted by molar-refractivity contribution is 0.0387. The van der Waals surface area contributed by atoms with E-state index in [2.05, 4.69) is 22.6 Å². The number of hydrogen-bond donors (Lipinski definition) is 0. The molecule has 0 aliphatic heterocycles. The van der Waals surface area contributed by atoms with Crippen LogP contribution >= 0.6 is 0 Å². The standard InChI is InChI=1S/C5H14B2O/c1-4(2)8-5(3,6)7/h4H,6-7H2,1-3H3.